The molecule has 7 heteroatoms. The van der Waals surface area contributed by atoms with Crippen molar-refractivity contribution in [2.45, 2.75) is 37.8 Å². The van der Waals surface area contributed by atoms with Gasteiger partial charge in [0.25, 0.3) is 5.91 Å². The van der Waals surface area contributed by atoms with Crippen molar-refractivity contribution in [1.82, 2.24) is 15.2 Å². The molecule has 3 rings (SSSR count). The SMILES string of the molecule is O=C(NC1CC1)C1CCCN1C(=O)c1cc(Cl)nc(Cl)c1. The van der Waals surface area contributed by atoms with E-state index < -0.39 is 6.04 Å². The molecule has 1 N–H and O–H groups in total. The van der Waals surface area contributed by atoms with Gasteiger partial charge >= 0.3 is 0 Å². The minimum atomic E-state index is -0.399. The Morgan fingerprint density at radius 2 is 1.86 bits per heavy atom. The van der Waals surface area contributed by atoms with Crippen molar-refractivity contribution in [1.29, 1.82) is 0 Å². The number of nitrogens with zero attached hydrogens (tertiary/aromatic N) is 2. The van der Waals surface area contributed by atoms with Gasteiger partial charge in [-0.15, -0.1) is 0 Å². The van der Waals surface area contributed by atoms with E-state index in [2.05, 4.69) is 10.3 Å². The van der Waals surface area contributed by atoms with Gasteiger partial charge in [-0.05, 0) is 37.8 Å². The van der Waals surface area contributed by atoms with E-state index in [1.807, 2.05) is 0 Å². The first-order valence-corrected chi connectivity index (χ1v) is 7.74. The van der Waals surface area contributed by atoms with E-state index in [0.717, 1.165) is 19.3 Å². The van der Waals surface area contributed by atoms with Gasteiger partial charge in [-0.25, -0.2) is 4.98 Å². The molecule has 1 saturated carbocycles. The largest absolute Gasteiger partial charge is 0.352 e. The molecule has 0 spiro atoms. The summed E-state index contributed by atoms with van der Waals surface area (Å²) in [5, 5.41) is 3.30. The number of carbonyl (C=O) groups is 2. The molecule has 1 unspecified atom stereocenters. The lowest BCUT2D eigenvalue weighted by Crippen LogP contribution is -2.46. The molecule has 1 aliphatic carbocycles. The van der Waals surface area contributed by atoms with Crippen LogP contribution >= 0.6 is 23.2 Å². The predicted molar refractivity (Wildman–Crippen MR) is 79.5 cm³/mol. The molecule has 0 aromatic carbocycles. The standard InChI is InChI=1S/C14H15Cl2N3O2/c15-11-6-8(7-12(16)18-11)14(21)19-5-1-2-10(19)13(20)17-9-3-4-9/h6-7,9-10H,1-5H2,(H,17,20). The number of rotatable bonds is 3. The Morgan fingerprint density at radius 1 is 1.19 bits per heavy atom. The third kappa shape index (κ3) is 3.30. The molecule has 1 aromatic rings. The maximum absolute atomic E-state index is 12.6. The van der Waals surface area contributed by atoms with Crippen molar-refractivity contribution in [2.75, 3.05) is 6.54 Å². The molecule has 2 aliphatic rings. The lowest BCUT2D eigenvalue weighted by molar-refractivity contribution is -0.125. The second-order valence-corrected chi connectivity index (χ2v) is 6.22. The van der Waals surface area contributed by atoms with Gasteiger partial charge in [-0.3, -0.25) is 9.59 Å². The third-order valence-corrected chi connectivity index (χ3v) is 4.14. The Bertz CT molecular complexity index is 569. The van der Waals surface area contributed by atoms with E-state index >= 15 is 0 Å². The summed E-state index contributed by atoms with van der Waals surface area (Å²) >= 11 is 11.7. The van der Waals surface area contributed by atoms with Crippen LogP contribution in [0.15, 0.2) is 12.1 Å². The summed E-state index contributed by atoms with van der Waals surface area (Å²) in [7, 11) is 0. The van der Waals surface area contributed by atoms with Gasteiger partial charge in [0.05, 0.1) is 0 Å². The van der Waals surface area contributed by atoms with E-state index in [4.69, 9.17) is 23.2 Å². The first-order chi connectivity index (χ1) is 10.0. The van der Waals surface area contributed by atoms with Gasteiger partial charge in [0.15, 0.2) is 0 Å². The van der Waals surface area contributed by atoms with Crippen LogP contribution in [0.25, 0.3) is 0 Å². The van der Waals surface area contributed by atoms with Crippen molar-refractivity contribution < 1.29 is 9.59 Å². The quantitative estimate of drug-likeness (QED) is 0.866. The van der Waals surface area contributed by atoms with E-state index in [1.54, 1.807) is 4.90 Å². The Hall–Kier alpha value is -1.33. The maximum Gasteiger partial charge on any atom is 0.254 e. The molecule has 1 aromatic heterocycles. The summed E-state index contributed by atoms with van der Waals surface area (Å²) in [5.41, 5.74) is 0.367. The summed E-state index contributed by atoms with van der Waals surface area (Å²) in [4.78, 5) is 30.2. The Morgan fingerprint density at radius 3 is 2.48 bits per heavy atom. The maximum atomic E-state index is 12.6. The highest BCUT2D eigenvalue weighted by Gasteiger charge is 2.36. The van der Waals surface area contributed by atoms with E-state index in [1.165, 1.54) is 12.1 Å². The van der Waals surface area contributed by atoms with Gasteiger partial charge in [-0.2, -0.15) is 0 Å². The molecule has 1 aliphatic heterocycles. The summed E-state index contributed by atoms with van der Waals surface area (Å²) in [6.45, 7) is 0.569. The van der Waals surface area contributed by atoms with Crippen molar-refractivity contribution in [3.8, 4) is 0 Å². The van der Waals surface area contributed by atoms with Crippen molar-refractivity contribution in [3.63, 3.8) is 0 Å². The fourth-order valence-electron chi connectivity index (χ4n) is 2.56. The molecule has 0 bridgehead atoms. The normalized spacial score (nSPS) is 21.4. The highest BCUT2D eigenvalue weighted by atomic mass is 35.5. The average molecular weight is 328 g/mol. The molecule has 1 atom stereocenters. The highest BCUT2D eigenvalue weighted by Crippen LogP contribution is 2.25. The first kappa shape index (κ1) is 14.6. The lowest BCUT2D eigenvalue weighted by Gasteiger charge is -2.24. The number of halogens is 2. The van der Waals surface area contributed by atoms with Crippen molar-refractivity contribution in [2.24, 2.45) is 0 Å². The molecular weight excluding hydrogens is 313 g/mol. The minimum Gasteiger partial charge on any atom is -0.352 e. The van der Waals surface area contributed by atoms with Crippen LogP contribution in [-0.4, -0.2) is 40.3 Å². The molecule has 2 fully saturated rings. The second-order valence-electron chi connectivity index (χ2n) is 5.44. The number of aromatic nitrogens is 1. The fraction of sp³-hybridized carbons (Fsp3) is 0.500. The molecule has 5 nitrogen and oxygen atoms in total. The number of hydrogen-bond acceptors (Lipinski definition) is 3. The van der Waals surface area contributed by atoms with Crippen molar-refractivity contribution in [3.05, 3.63) is 28.0 Å². The fourth-order valence-corrected chi connectivity index (χ4v) is 3.02. The number of likely N-dealkylation sites (tertiary alicyclic amines) is 1. The van der Waals surface area contributed by atoms with Gasteiger partial charge in [0, 0.05) is 18.2 Å². The van der Waals surface area contributed by atoms with Crippen LogP contribution in [0, 0.1) is 0 Å². The van der Waals surface area contributed by atoms with Crippen LogP contribution < -0.4 is 5.32 Å². The van der Waals surface area contributed by atoms with Crippen LogP contribution in [0.1, 0.15) is 36.0 Å². The predicted octanol–water partition coefficient (Wildman–Crippen LogP) is 2.27. The monoisotopic (exact) mass is 327 g/mol. The number of amides is 2. The lowest BCUT2D eigenvalue weighted by atomic mass is 10.1. The van der Waals surface area contributed by atoms with Crippen LogP contribution in [0.2, 0.25) is 10.3 Å². The third-order valence-electron chi connectivity index (χ3n) is 3.75. The zero-order valence-corrected chi connectivity index (χ0v) is 12.8. The summed E-state index contributed by atoms with van der Waals surface area (Å²) < 4.78 is 0. The minimum absolute atomic E-state index is 0.0606. The number of pyridine rings is 1. The highest BCUT2D eigenvalue weighted by molar-refractivity contribution is 6.33. The smallest absolute Gasteiger partial charge is 0.254 e. The van der Waals surface area contributed by atoms with Crippen LogP contribution in [-0.2, 0) is 4.79 Å². The van der Waals surface area contributed by atoms with Gasteiger partial charge in [0.2, 0.25) is 5.91 Å². The van der Waals surface area contributed by atoms with E-state index in [9.17, 15) is 9.59 Å². The number of carbonyl (C=O) groups excluding carboxylic acids is 2. The Kier molecular flexibility index (Phi) is 4.04. The topological polar surface area (TPSA) is 62.3 Å². The summed E-state index contributed by atoms with van der Waals surface area (Å²) in [6, 6.07) is 2.84. The molecule has 21 heavy (non-hydrogen) atoms. The van der Waals surface area contributed by atoms with Crippen molar-refractivity contribution >= 4 is 35.0 Å². The first-order valence-electron chi connectivity index (χ1n) is 6.99. The molecule has 2 amide bonds. The van der Waals surface area contributed by atoms with Crippen LogP contribution in [0.3, 0.4) is 0 Å². The van der Waals surface area contributed by atoms with Gasteiger partial charge in [0.1, 0.15) is 16.3 Å². The molecule has 112 valence electrons. The summed E-state index contributed by atoms with van der Waals surface area (Å²) in [5.74, 6) is -0.288. The number of hydrogen-bond donors (Lipinski definition) is 1. The Labute approximate surface area is 132 Å². The van der Waals surface area contributed by atoms with Crippen LogP contribution in [0.4, 0.5) is 0 Å². The van der Waals surface area contributed by atoms with E-state index in [0.29, 0.717) is 24.6 Å². The zero-order chi connectivity index (χ0) is 15.0. The van der Waals surface area contributed by atoms with Crippen LogP contribution in [0.5, 0.6) is 0 Å². The molecule has 0 radical (unpaired) electrons. The molecular formula is C14H15Cl2N3O2. The summed E-state index contributed by atoms with van der Waals surface area (Å²) in [6.07, 6.45) is 3.57. The van der Waals surface area contributed by atoms with E-state index in [-0.39, 0.29) is 22.1 Å². The number of nitrogens with one attached hydrogen (secondary N) is 1. The Balaban J connectivity index is 1.77. The molecule has 2 heterocycles. The van der Waals surface area contributed by atoms with Gasteiger partial charge in [-0.1, -0.05) is 23.2 Å². The molecule has 1 saturated heterocycles. The zero-order valence-electron chi connectivity index (χ0n) is 11.3. The second kappa shape index (κ2) is 5.81. The average Bonchev–Trinajstić information content (AvgIpc) is 3.09. The van der Waals surface area contributed by atoms with Gasteiger partial charge < -0.3 is 10.2 Å².